The van der Waals surface area contributed by atoms with Gasteiger partial charge in [0.1, 0.15) is 0 Å². The minimum Gasteiger partial charge on any atom is -0.336 e. The van der Waals surface area contributed by atoms with Gasteiger partial charge in [-0.1, -0.05) is 25.8 Å². The number of nitrogens with zero attached hydrogens (tertiary/aromatic N) is 1. The summed E-state index contributed by atoms with van der Waals surface area (Å²) in [4.78, 5) is 15.5. The lowest BCUT2D eigenvalue weighted by Crippen LogP contribution is -2.39. The molecule has 1 amide bonds. The van der Waals surface area contributed by atoms with Gasteiger partial charge in [0.2, 0.25) is 0 Å². The van der Waals surface area contributed by atoms with Crippen LogP contribution >= 0.6 is 12.6 Å². The smallest absolute Gasteiger partial charge is 0.254 e. The van der Waals surface area contributed by atoms with Gasteiger partial charge in [0.15, 0.2) is 0 Å². The number of amides is 1. The summed E-state index contributed by atoms with van der Waals surface area (Å²) in [5, 5.41) is 0. The van der Waals surface area contributed by atoms with Gasteiger partial charge >= 0.3 is 0 Å². The van der Waals surface area contributed by atoms with E-state index in [9.17, 15) is 4.79 Å². The molecule has 0 radical (unpaired) electrons. The first-order valence-corrected chi connectivity index (χ1v) is 7.27. The van der Waals surface area contributed by atoms with Crippen molar-refractivity contribution in [1.82, 2.24) is 4.90 Å². The molecule has 1 aromatic rings. The molecule has 1 aliphatic heterocycles. The molecule has 0 bridgehead atoms. The number of carbonyl (C=O) groups is 1. The third kappa shape index (κ3) is 3.08. The highest BCUT2D eigenvalue weighted by Crippen LogP contribution is 2.22. The van der Waals surface area contributed by atoms with Crippen molar-refractivity contribution in [1.29, 1.82) is 0 Å². The van der Waals surface area contributed by atoms with Crippen LogP contribution in [0.3, 0.4) is 0 Å². The topological polar surface area (TPSA) is 20.3 Å². The van der Waals surface area contributed by atoms with E-state index in [4.69, 9.17) is 0 Å². The van der Waals surface area contributed by atoms with Crippen LogP contribution in [0.4, 0.5) is 0 Å². The van der Waals surface area contributed by atoms with Crippen molar-refractivity contribution in [3.63, 3.8) is 0 Å². The molecule has 2 rings (SSSR count). The number of benzene rings is 1. The summed E-state index contributed by atoms with van der Waals surface area (Å²) < 4.78 is 0. The van der Waals surface area contributed by atoms with Gasteiger partial charge in [-0.3, -0.25) is 4.79 Å². The fraction of sp³-hybridized carbons (Fsp3) is 0.533. The fourth-order valence-electron chi connectivity index (χ4n) is 2.67. The van der Waals surface area contributed by atoms with Crippen LogP contribution in [0.25, 0.3) is 0 Å². The van der Waals surface area contributed by atoms with Gasteiger partial charge < -0.3 is 4.90 Å². The lowest BCUT2D eigenvalue weighted by Gasteiger charge is -2.29. The number of hydrogen-bond donors (Lipinski definition) is 1. The largest absolute Gasteiger partial charge is 0.336 e. The Hall–Kier alpha value is -0.960. The molecular formula is C15H21NOS. The Morgan fingerprint density at radius 2 is 2.22 bits per heavy atom. The Balaban J connectivity index is 2.19. The predicted molar refractivity (Wildman–Crippen MR) is 77.3 cm³/mol. The van der Waals surface area contributed by atoms with E-state index < -0.39 is 0 Å². The van der Waals surface area contributed by atoms with Crippen LogP contribution in [0, 0.1) is 0 Å². The zero-order valence-electron chi connectivity index (χ0n) is 10.9. The number of hydrogen-bond acceptors (Lipinski definition) is 2. The maximum Gasteiger partial charge on any atom is 0.254 e. The average molecular weight is 263 g/mol. The number of thiol groups is 1. The van der Waals surface area contributed by atoms with Gasteiger partial charge in [0.25, 0.3) is 5.91 Å². The van der Waals surface area contributed by atoms with Gasteiger partial charge in [-0.15, -0.1) is 12.6 Å². The SMILES string of the molecule is CCC1CCCCCN1C(=O)c1cccc(S)c1. The fourth-order valence-corrected chi connectivity index (χ4v) is 2.90. The van der Waals surface area contributed by atoms with E-state index in [1.54, 1.807) is 0 Å². The maximum absolute atomic E-state index is 12.6. The van der Waals surface area contributed by atoms with Gasteiger partial charge in [-0.05, 0) is 37.5 Å². The molecule has 1 unspecified atom stereocenters. The Morgan fingerprint density at radius 3 is 2.94 bits per heavy atom. The summed E-state index contributed by atoms with van der Waals surface area (Å²) in [6.45, 7) is 3.07. The molecule has 0 N–H and O–H groups in total. The van der Waals surface area contributed by atoms with E-state index in [0.29, 0.717) is 6.04 Å². The summed E-state index contributed by atoms with van der Waals surface area (Å²) in [6.07, 6.45) is 5.81. The molecule has 0 spiro atoms. The molecule has 1 aromatic carbocycles. The molecule has 1 heterocycles. The number of likely N-dealkylation sites (tertiary alicyclic amines) is 1. The van der Waals surface area contributed by atoms with Gasteiger partial charge in [0, 0.05) is 23.0 Å². The van der Waals surface area contributed by atoms with Crippen LogP contribution in [-0.2, 0) is 0 Å². The molecule has 1 atom stereocenters. The van der Waals surface area contributed by atoms with Crippen LogP contribution in [-0.4, -0.2) is 23.4 Å². The monoisotopic (exact) mass is 263 g/mol. The summed E-state index contributed by atoms with van der Waals surface area (Å²) in [5.74, 6) is 0.166. The first-order valence-electron chi connectivity index (χ1n) is 6.82. The molecule has 1 aliphatic rings. The minimum atomic E-state index is 0.166. The highest BCUT2D eigenvalue weighted by atomic mass is 32.1. The van der Waals surface area contributed by atoms with Crippen LogP contribution in [0.2, 0.25) is 0 Å². The molecule has 0 saturated carbocycles. The highest BCUT2D eigenvalue weighted by Gasteiger charge is 2.24. The average Bonchev–Trinajstić information content (AvgIpc) is 2.62. The zero-order chi connectivity index (χ0) is 13.0. The van der Waals surface area contributed by atoms with Crippen molar-refractivity contribution in [2.75, 3.05) is 6.54 Å². The Kier molecular flexibility index (Phi) is 4.70. The Labute approximate surface area is 115 Å². The quantitative estimate of drug-likeness (QED) is 0.805. The summed E-state index contributed by atoms with van der Waals surface area (Å²) in [5.41, 5.74) is 0.767. The van der Waals surface area contributed by atoms with Gasteiger partial charge in [-0.2, -0.15) is 0 Å². The van der Waals surface area contributed by atoms with Crippen molar-refractivity contribution < 1.29 is 4.79 Å². The second-order valence-corrected chi connectivity index (χ2v) is 5.48. The molecule has 0 aromatic heterocycles. The normalized spacial score (nSPS) is 20.6. The highest BCUT2D eigenvalue weighted by molar-refractivity contribution is 7.80. The number of carbonyl (C=O) groups excluding carboxylic acids is 1. The van der Waals surface area contributed by atoms with Crippen LogP contribution in [0.1, 0.15) is 49.4 Å². The second kappa shape index (κ2) is 6.28. The standard InChI is InChI=1S/C15H21NOS/c1-2-13-8-4-3-5-10-16(13)15(17)12-7-6-9-14(18)11-12/h6-7,9,11,13,18H,2-5,8,10H2,1H3. The Bertz CT molecular complexity index is 419. The lowest BCUT2D eigenvalue weighted by molar-refractivity contribution is 0.0678. The molecule has 2 nitrogen and oxygen atoms in total. The van der Waals surface area contributed by atoms with Gasteiger partial charge in [-0.25, -0.2) is 0 Å². The maximum atomic E-state index is 12.6. The van der Waals surface area contributed by atoms with E-state index in [1.165, 1.54) is 12.8 Å². The summed E-state index contributed by atoms with van der Waals surface area (Å²) in [6, 6.07) is 7.96. The summed E-state index contributed by atoms with van der Waals surface area (Å²) >= 11 is 4.31. The molecule has 3 heteroatoms. The van der Waals surface area contributed by atoms with Crippen LogP contribution in [0.5, 0.6) is 0 Å². The van der Waals surface area contributed by atoms with Crippen molar-refractivity contribution in [3.8, 4) is 0 Å². The third-order valence-corrected chi connectivity index (χ3v) is 3.98. The molecule has 1 fully saturated rings. The van der Waals surface area contributed by atoms with E-state index in [0.717, 1.165) is 36.3 Å². The van der Waals surface area contributed by atoms with Crippen molar-refractivity contribution >= 4 is 18.5 Å². The zero-order valence-corrected chi connectivity index (χ0v) is 11.8. The molecule has 98 valence electrons. The van der Waals surface area contributed by atoms with E-state index in [2.05, 4.69) is 24.5 Å². The first-order chi connectivity index (χ1) is 8.72. The van der Waals surface area contributed by atoms with Crippen LogP contribution in [0.15, 0.2) is 29.2 Å². The molecule has 1 saturated heterocycles. The Morgan fingerprint density at radius 1 is 1.39 bits per heavy atom. The predicted octanol–water partition coefficient (Wildman–Crippen LogP) is 3.77. The lowest BCUT2D eigenvalue weighted by atomic mass is 10.1. The van der Waals surface area contributed by atoms with Crippen LogP contribution < -0.4 is 0 Å². The van der Waals surface area contributed by atoms with Crippen molar-refractivity contribution in [2.45, 2.75) is 50.0 Å². The molecule has 18 heavy (non-hydrogen) atoms. The van der Waals surface area contributed by atoms with Crippen molar-refractivity contribution in [2.24, 2.45) is 0 Å². The van der Waals surface area contributed by atoms with Crippen molar-refractivity contribution in [3.05, 3.63) is 29.8 Å². The van der Waals surface area contributed by atoms with Gasteiger partial charge in [0.05, 0.1) is 0 Å². The van der Waals surface area contributed by atoms with E-state index >= 15 is 0 Å². The van der Waals surface area contributed by atoms with E-state index in [1.807, 2.05) is 24.3 Å². The molecular weight excluding hydrogens is 242 g/mol. The third-order valence-electron chi connectivity index (χ3n) is 3.70. The minimum absolute atomic E-state index is 0.166. The number of rotatable bonds is 2. The van der Waals surface area contributed by atoms with E-state index in [-0.39, 0.29) is 5.91 Å². The second-order valence-electron chi connectivity index (χ2n) is 4.96. The molecule has 0 aliphatic carbocycles. The summed E-state index contributed by atoms with van der Waals surface area (Å²) in [7, 11) is 0. The first kappa shape index (κ1) is 13.5.